The van der Waals surface area contributed by atoms with Crippen molar-refractivity contribution in [3.05, 3.63) is 0 Å². The molecule has 0 aromatic rings. The first-order valence-electron chi connectivity index (χ1n) is 10.4. The monoisotopic (exact) mass is 372 g/mol. The Balaban J connectivity index is 3.97. The van der Waals surface area contributed by atoms with Crippen LogP contribution in [0.15, 0.2) is 0 Å². The summed E-state index contributed by atoms with van der Waals surface area (Å²) in [5.74, 6) is -1.46. The quantitative estimate of drug-likeness (QED) is 0.297. The second-order valence-electron chi connectivity index (χ2n) is 8.76. The largest absolute Gasteiger partial charge is 0.481 e. The summed E-state index contributed by atoms with van der Waals surface area (Å²) in [7, 11) is 5.55. The molecule has 0 spiro atoms. The molecule has 26 heavy (non-hydrogen) atoms. The van der Waals surface area contributed by atoms with E-state index in [0.717, 1.165) is 19.3 Å². The number of nitrogens with zero attached hydrogens (tertiary/aromatic N) is 1. The van der Waals surface area contributed by atoms with E-state index in [1.54, 1.807) is 0 Å². The number of hydrogen-bond donors (Lipinski definition) is 2. The van der Waals surface area contributed by atoms with E-state index < -0.39 is 18.0 Å². The molecule has 5 nitrogen and oxygen atoms in total. The summed E-state index contributed by atoms with van der Waals surface area (Å²) in [6.07, 6.45) is 13.0. The molecular formula is C21H42NO4+. The van der Waals surface area contributed by atoms with Gasteiger partial charge in [0, 0.05) is 6.42 Å². The minimum atomic E-state index is -1.76. The predicted octanol–water partition coefficient (Wildman–Crippen LogP) is 4.17. The van der Waals surface area contributed by atoms with Crippen molar-refractivity contribution < 1.29 is 24.3 Å². The molecule has 0 fully saturated rings. The molecule has 0 radical (unpaired) electrons. The predicted molar refractivity (Wildman–Crippen MR) is 106 cm³/mol. The van der Waals surface area contributed by atoms with Gasteiger partial charge >= 0.3 is 5.97 Å². The van der Waals surface area contributed by atoms with Crippen LogP contribution in [0.3, 0.4) is 0 Å². The number of aliphatic hydroxyl groups is 1. The normalized spacial score (nSPS) is 14.2. The smallest absolute Gasteiger partial charge is 0.306 e. The summed E-state index contributed by atoms with van der Waals surface area (Å²) < 4.78 is 0.355. The van der Waals surface area contributed by atoms with E-state index >= 15 is 0 Å². The zero-order chi connectivity index (χ0) is 20.1. The Labute approximate surface area is 160 Å². The average molecular weight is 373 g/mol. The zero-order valence-corrected chi connectivity index (χ0v) is 17.6. The number of ketones is 1. The van der Waals surface area contributed by atoms with Crippen molar-refractivity contribution in [3.8, 4) is 0 Å². The Morgan fingerprint density at radius 1 is 0.808 bits per heavy atom. The molecule has 0 aliphatic rings. The van der Waals surface area contributed by atoms with Gasteiger partial charge in [-0.3, -0.25) is 9.59 Å². The van der Waals surface area contributed by atoms with Gasteiger partial charge in [-0.2, -0.15) is 0 Å². The van der Waals surface area contributed by atoms with Gasteiger partial charge in [0.2, 0.25) is 0 Å². The van der Waals surface area contributed by atoms with E-state index in [2.05, 4.69) is 6.92 Å². The Bertz CT molecular complexity index is 403. The Morgan fingerprint density at radius 2 is 1.23 bits per heavy atom. The van der Waals surface area contributed by atoms with Crippen LogP contribution in [0.1, 0.15) is 90.4 Å². The molecule has 2 N–H and O–H groups in total. The number of likely N-dealkylation sites (N-methyl/N-ethyl adjacent to an activating group) is 1. The molecule has 1 atom stereocenters. The minimum Gasteiger partial charge on any atom is -0.481 e. The summed E-state index contributed by atoms with van der Waals surface area (Å²) in [6, 6.07) is 0. The highest BCUT2D eigenvalue weighted by atomic mass is 16.4. The van der Waals surface area contributed by atoms with E-state index in [1.165, 1.54) is 51.4 Å². The lowest BCUT2D eigenvalue weighted by molar-refractivity contribution is -0.875. The summed E-state index contributed by atoms with van der Waals surface area (Å²) >= 11 is 0. The third-order valence-corrected chi connectivity index (χ3v) is 4.71. The molecule has 0 unspecified atom stereocenters. The van der Waals surface area contributed by atoms with Gasteiger partial charge in [-0.1, -0.05) is 71.1 Å². The van der Waals surface area contributed by atoms with E-state index in [0.29, 0.717) is 4.48 Å². The van der Waals surface area contributed by atoms with Crippen LogP contribution in [-0.4, -0.2) is 59.7 Å². The van der Waals surface area contributed by atoms with Gasteiger partial charge in [-0.05, 0) is 6.42 Å². The maximum atomic E-state index is 12.4. The lowest BCUT2D eigenvalue weighted by Crippen LogP contribution is -2.54. The average Bonchev–Trinajstić information content (AvgIpc) is 2.49. The van der Waals surface area contributed by atoms with E-state index in [4.69, 9.17) is 5.11 Å². The second kappa shape index (κ2) is 13.3. The number of carbonyl (C=O) groups is 2. The topological polar surface area (TPSA) is 74.6 Å². The highest BCUT2D eigenvalue weighted by molar-refractivity contribution is 5.90. The van der Waals surface area contributed by atoms with Gasteiger partial charge in [0.15, 0.2) is 11.4 Å². The highest BCUT2D eigenvalue weighted by Gasteiger charge is 2.42. The third-order valence-electron chi connectivity index (χ3n) is 4.71. The summed E-state index contributed by atoms with van der Waals surface area (Å²) in [4.78, 5) is 23.5. The van der Waals surface area contributed by atoms with Crippen molar-refractivity contribution >= 4 is 11.8 Å². The molecule has 154 valence electrons. The standard InChI is InChI=1S/C21H41NO4/c1-5-6-7-8-9-10-11-12-13-14-15-16-19(23)21(26,17-20(24)25)18-22(2,3)4/h26H,5-18H2,1-4H3/p+1/t21-/m0/s1. The van der Waals surface area contributed by atoms with Crippen LogP contribution < -0.4 is 0 Å². The van der Waals surface area contributed by atoms with Crippen molar-refractivity contribution in [3.63, 3.8) is 0 Å². The fourth-order valence-corrected chi connectivity index (χ4v) is 3.46. The molecule has 0 amide bonds. The van der Waals surface area contributed by atoms with Crippen molar-refractivity contribution in [1.29, 1.82) is 0 Å². The summed E-state index contributed by atoms with van der Waals surface area (Å²) in [6.45, 7) is 2.35. The first-order valence-corrected chi connectivity index (χ1v) is 10.4. The maximum Gasteiger partial charge on any atom is 0.306 e. The number of rotatable bonds is 17. The number of quaternary nitrogens is 1. The van der Waals surface area contributed by atoms with Gasteiger partial charge in [0.1, 0.15) is 6.54 Å². The van der Waals surface area contributed by atoms with E-state index in [9.17, 15) is 14.7 Å². The SMILES string of the molecule is CCCCCCCCCCCCCC(=O)[C@](O)(CC(=O)O)C[N+](C)(C)C. The maximum absolute atomic E-state index is 12.4. The van der Waals surface area contributed by atoms with Crippen molar-refractivity contribution in [2.75, 3.05) is 27.7 Å². The second-order valence-corrected chi connectivity index (χ2v) is 8.76. The summed E-state index contributed by atoms with van der Waals surface area (Å²) in [5, 5.41) is 19.6. The zero-order valence-electron chi connectivity index (χ0n) is 17.6. The molecule has 0 bridgehead atoms. The number of Topliss-reactive ketones (excluding diaryl/α,β-unsaturated/α-hetero) is 1. The molecule has 0 aliphatic carbocycles. The van der Waals surface area contributed by atoms with Crippen LogP contribution in [0, 0.1) is 0 Å². The lowest BCUT2D eigenvalue weighted by atomic mass is 9.89. The molecule has 0 rings (SSSR count). The Kier molecular flexibility index (Phi) is 12.8. The van der Waals surface area contributed by atoms with E-state index in [-0.39, 0.29) is 18.7 Å². The van der Waals surface area contributed by atoms with Gasteiger partial charge in [-0.25, -0.2) is 0 Å². The third kappa shape index (κ3) is 13.3. The number of carboxylic acids is 1. The molecule has 0 aromatic carbocycles. The van der Waals surface area contributed by atoms with Crippen LogP contribution in [0.5, 0.6) is 0 Å². The first-order chi connectivity index (χ1) is 12.1. The molecular weight excluding hydrogens is 330 g/mol. The van der Waals surface area contributed by atoms with Crippen LogP contribution >= 0.6 is 0 Å². The van der Waals surface area contributed by atoms with E-state index in [1.807, 2.05) is 21.1 Å². The van der Waals surface area contributed by atoms with Crippen LogP contribution in [0.4, 0.5) is 0 Å². The minimum absolute atomic E-state index is 0.121. The van der Waals surface area contributed by atoms with Gasteiger partial charge in [0.25, 0.3) is 0 Å². The summed E-state index contributed by atoms with van der Waals surface area (Å²) in [5.41, 5.74) is -1.76. The number of carboxylic acid groups (broad SMARTS) is 1. The van der Waals surface area contributed by atoms with Gasteiger partial charge < -0.3 is 14.7 Å². The molecule has 0 saturated carbocycles. The van der Waals surface area contributed by atoms with Crippen LogP contribution in [-0.2, 0) is 9.59 Å². The number of carbonyl (C=O) groups excluding carboxylic acids is 1. The molecule has 0 heterocycles. The molecule has 5 heteroatoms. The molecule has 0 aromatic heterocycles. The highest BCUT2D eigenvalue weighted by Crippen LogP contribution is 2.20. The number of hydrogen-bond acceptors (Lipinski definition) is 3. The fraction of sp³-hybridized carbons (Fsp3) is 0.905. The van der Waals surface area contributed by atoms with Crippen molar-refractivity contribution in [2.45, 2.75) is 96.0 Å². The van der Waals surface area contributed by atoms with Gasteiger partial charge in [-0.15, -0.1) is 0 Å². The number of unbranched alkanes of at least 4 members (excludes halogenated alkanes) is 10. The van der Waals surface area contributed by atoms with Crippen molar-refractivity contribution in [1.82, 2.24) is 0 Å². The Morgan fingerprint density at radius 3 is 1.62 bits per heavy atom. The van der Waals surface area contributed by atoms with Crippen molar-refractivity contribution in [2.24, 2.45) is 0 Å². The first kappa shape index (κ1) is 25.1. The van der Waals surface area contributed by atoms with Crippen LogP contribution in [0.25, 0.3) is 0 Å². The molecule has 0 saturated heterocycles. The fourth-order valence-electron chi connectivity index (χ4n) is 3.46. The molecule has 0 aliphatic heterocycles. The van der Waals surface area contributed by atoms with Gasteiger partial charge in [0.05, 0.1) is 27.6 Å². The number of aliphatic carboxylic acids is 1. The lowest BCUT2D eigenvalue weighted by Gasteiger charge is -2.33. The van der Waals surface area contributed by atoms with Crippen LogP contribution in [0.2, 0.25) is 0 Å². The Hall–Kier alpha value is -0.940.